The topological polar surface area (TPSA) is 108 Å². The van der Waals surface area contributed by atoms with Gasteiger partial charge in [-0.25, -0.2) is 9.48 Å². The number of nitrogens with two attached hydrogens (primary N) is 1. The summed E-state index contributed by atoms with van der Waals surface area (Å²) >= 11 is 0. The van der Waals surface area contributed by atoms with E-state index in [1.807, 2.05) is 60.7 Å². The molecule has 0 atom stereocenters. The highest BCUT2D eigenvalue weighted by Crippen LogP contribution is 2.30. The van der Waals surface area contributed by atoms with Crippen LogP contribution >= 0.6 is 0 Å². The minimum Gasteiger partial charge on any atom is -0.465 e. The van der Waals surface area contributed by atoms with Gasteiger partial charge in [0.1, 0.15) is 17.2 Å². The van der Waals surface area contributed by atoms with Crippen molar-refractivity contribution in [2.75, 3.05) is 18.2 Å². The van der Waals surface area contributed by atoms with Crippen LogP contribution in [0.15, 0.2) is 109 Å². The second-order valence-electron chi connectivity index (χ2n) is 8.40. The van der Waals surface area contributed by atoms with E-state index in [2.05, 4.69) is 5.32 Å². The molecule has 0 fully saturated rings. The fourth-order valence-corrected chi connectivity index (χ4v) is 3.95. The molecule has 3 N–H and O–H groups in total. The third kappa shape index (κ3) is 5.39. The van der Waals surface area contributed by atoms with Crippen molar-refractivity contribution in [3.05, 3.63) is 120 Å². The van der Waals surface area contributed by atoms with Gasteiger partial charge in [0.05, 0.1) is 23.9 Å². The number of nitrogens with one attached hydrogen (secondary N) is 1. The molecular formula is C30H24N4O4. The molecule has 38 heavy (non-hydrogen) atoms. The molecule has 0 radical (unpaired) electrons. The average Bonchev–Trinajstić information content (AvgIpc) is 3.39. The van der Waals surface area contributed by atoms with Crippen molar-refractivity contribution in [1.29, 1.82) is 0 Å². The summed E-state index contributed by atoms with van der Waals surface area (Å²) in [5.41, 5.74) is 9.89. The Morgan fingerprint density at radius 2 is 1.58 bits per heavy atom. The van der Waals surface area contributed by atoms with E-state index >= 15 is 0 Å². The first kappa shape index (κ1) is 24.3. The van der Waals surface area contributed by atoms with Crippen LogP contribution in [0.4, 0.5) is 11.4 Å². The van der Waals surface area contributed by atoms with Crippen LogP contribution in [-0.4, -0.2) is 28.8 Å². The van der Waals surface area contributed by atoms with Crippen molar-refractivity contribution in [2.45, 2.75) is 0 Å². The van der Waals surface area contributed by atoms with Gasteiger partial charge in [-0.3, -0.25) is 4.79 Å². The molecule has 0 aliphatic heterocycles. The van der Waals surface area contributed by atoms with Gasteiger partial charge in [-0.05, 0) is 36.4 Å². The maximum absolute atomic E-state index is 13.5. The fourth-order valence-electron chi connectivity index (χ4n) is 3.95. The number of carbonyl (C=O) groups excluding carboxylic acids is 2. The number of amides is 1. The number of hydrogen-bond donors (Lipinski definition) is 2. The number of hydrogen-bond acceptors (Lipinski definition) is 6. The van der Waals surface area contributed by atoms with Crippen molar-refractivity contribution < 1.29 is 19.1 Å². The van der Waals surface area contributed by atoms with Crippen LogP contribution in [0.1, 0.15) is 20.7 Å². The molecule has 0 saturated heterocycles. The van der Waals surface area contributed by atoms with Crippen molar-refractivity contribution in [3.63, 3.8) is 0 Å². The molecule has 8 heteroatoms. The third-order valence-corrected chi connectivity index (χ3v) is 5.70. The zero-order chi connectivity index (χ0) is 26.5. The van der Waals surface area contributed by atoms with E-state index in [-0.39, 0.29) is 5.91 Å². The molecule has 0 aliphatic rings. The summed E-state index contributed by atoms with van der Waals surface area (Å²) in [4.78, 5) is 25.3. The molecule has 0 saturated carbocycles. The monoisotopic (exact) mass is 504 g/mol. The first-order chi connectivity index (χ1) is 18.5. The Kier molecular flexibility index (Phi) is 6.86. The summed E-state index contributed by atoms with van der Waals surface area (Å²) in [6.07, 6.45) is 1.70. The lowest BCUT2D eigenvalue weighted by atomic mass is 10.1. The van der Waals surface area contributed by atoms with Crippen LogP contribution in [0.3, 0.4) is 0 Å². The Labute approximate surface area is 219 Å². The molecule has 0 aliphatic carbocycles. The first-order valence-electron chi connectivity index (χ1n) is 11.8. The summed E-state index contributed by atoms with van der Waals surface area (Å²) in [5, 5.41) is 7.62. The number of anilines is 2. The maximum atomic E-state index is 13.5. The molecule has 4 aromatic carbocycles. The van der Waals surface area contributed by atoms with Gasteiger partial charge in [0.15, 0.2) is 0 Å². The van der Waals surface area contributed by atoms with E-state index in [1.54, 1.807) is 53.3 Å². The van der Waals surface area contributed by atoms with E-state index in [0.717, 1.165) is 11.3 Å². The van der Waals surface area contributed by atoms with Crippen LogP contribution in [-0.2, 0) is 4.74 Å². The number of carbonyl (C=O) groups is 2. The summed E-state index contributed by atoms with van der Waals surface area (Å²) < 4.78 is 12.4. The Morgan fingerprint density at radius 1 is 0.842 bits per heavy atom. The predicted octanol–water partition coefficient (Wildman–Crippen LogP) is 5.95. The SMILES string of the molecule is COC(=O)c1cccc(Oc2cc(N)cc(NC(=O)c3cn(-c4ccccc4)nc3-c3ccccc3)c2)c1. The molecule has 1 aromatic heterocycles. The molecule has 5 rings (SSSR count). The Balaban J connectivity index is 1.44. The highest BCUT2D eigenvalue weighted by Gasteiger charge is 2.19. The summed E-state index contributed by atoms with van der Waals surface area (Å²) in [6, 6.07) is 30.6. The van der Waals surface area contributed by atoms with E-state index in [1.165, 1.54) is 7.11 Å². The van der Waals surface area contributed by atoms with Crippen LogP contribution in [0, 0.1) is 0 Å². The summed E-state index contributed by atoms with van der Waals surface area (Å²) in [5.74, 6) is -0.00613. The Morgan fingerprint density at radius 3 is 2.32 bits per heavy atom. The second kappa shape index (κ2) is 10.7. The van der Waals surface area contributed by atoms with Crippen LogP contribution < -0.4 is 15.8 Å². The van der Waals surface area contributed by atoms with Gasteiger partial charge in [-0.2, -0.15) is 5.10 Å². The van der Waals surface area contributed by atoms with E-state index < -0.39 is 5.97 Å². The minimum atomic E-state index is -0.471. The predicted molar refractivity (Wildman–Crippen MR) is 146 cm³/mol. The summed E-state index contributed by atoms with van der Waals surface area (Å²) in [7, 11) is 1.31. The third-order valence-electron chi connectivity index (χ3n) is 5.70. The number of benzene rings is 4. The molecular weight excluding hydrogens is 480 g/mol. The number of ether oxygens (including phenoxy) is 2. The summed E-state index contributed by atoms with van der Waals surface area (Å²) in [6.45, 7) is 0. The number of esters is 1. The van der Waals surface area contributed by atoms with Gasteiger partial charge in [-0.1, -0.05) is 54.6 Å². The molecule has 188 valence electrons. The van der Waals surface area contributed by atoms with E-state index in [0.29, 0.717) is 39.7 Å². The van der Waals surface area contributed by atoms with Crippen molar-refractivity contribution >= 4 is 23.3 Å². The lowest BCUT2D eigenvalue weighted by Gasteiger charge is -2.11. The quantitative estimate of drug-likeness (QED) is 0.209. The Hall–Kier alpha value is -5.37. The zero-order valence-electron chi connectivity index (χ0n) is 20.5. The number of aromatic nitrogens is 2. The van der Waals surface area contributed by atoms with Gasteiger partial charge < -0.3 is 20.5 Å². The molecule has 1 amide bonds. The van der Waals surface area contributed by atoms with Gasteiger partial charge in [0, 0.05) is 35.3 Å². The average molecular weight is 505 g/mol. The highest BCUT2D eigenvalue weighted by molar-refractivity contribution is 6.08. The van der Waals surface area contributed by atoms with Crippen molar-refractivity contribution in [3.8, 4) is 28.4 Å². The lowest BCUT2D eigenvalue weighted by molar-refractivity contribution is 0.0600. The van der Waals surface area contributed by atoms with Gasteiger partial charge in [0.2, 0.25) is 0 Å². The normalized spacial score (nSPS) is 10.6. The number of nitrogens with zero attached hydrogens (tertiary/aromatic N) is 2. The smallest absolute Gasteiger partial charge is 0.337 e. The van der Waals surface area contributed by atoms with Gasteiger partial charge in [-0.15, -0.1) is 0 Å². The molecule has 0 spiro atoms. The largest absolute Gasteiger partial charge is 0.465 e. The zero-order valence-corrected chi connectivity index (χ0v) is 20.5. The van der Waals surface area contributed by atoms with Crippen molar-refractivity contribution in [1.82, 2.24) is 9.78 Å². The minimum absolute atomic E-state index is 0.352. The Bertz CT molecular complexity index is 1600. The van der Waals surface area contributed by atoms with Crippen molar-refractivity contribution in [2.24, 2.45) is 0 Å². The lowest BCUT2D eigenvalue weighted by Crippen LogP contribution is -2.12. The maximum Gasteiger partial charge on any atom is 0.337 e. The second-order valence-corrected chi connectivity index (χ2v) is 8.40. The molecule has 0 bridgehead atoms. The number of rotatable bonds is 7. The molecule has 1 heterocycles. The van der Waals surface area contributed by atoms with Crippen LogP contribution in [0.25, 0.3) is 16.9 Å². The highest BCUT2D eigenvalue weighted by atomic mass is 16.5. The van der Waals surface area contributed by atoms with Gasteiger partial charge >= 0.3 is 5.97 Å². The number of nitrogen functional groups attached to an aromatic ring is 1. The van der Waals surface area contributed by atoms with E-state index in [4.69, 9.17) is 20.3 Å². The fraction of sp³-hybridized carbons (Fsp3) is 0.0333. The molecule has 8 nitrogen and oxygen atoms in total. The number of para-hydroxylation sites is 1. The van der Waals surface area contributed by atoms with E-state index in [9.17, 15) is 9.59 Å². The first-order valence-corrected chi connectivity index (χ1v) is 11.8. The standard InChI is InChI=1S/C30H24N4O4/c1-37-30(36)21-11-8-14-25(15-21)38-26-17-22(31)16-23(18-26)32-29(35)27-19-34(24-12-6-3-7-13-24)33-28(27)20-9-4-2-5-10-20/h2-19H,31H2,1H3,(H,32,35). The van der Waals surface area contributed by atoms with Crippen LogP contribution in [0.5, 0.6) is 11.5 Å². The van der Waals surface area contributed by atoms with Gasteiger partial charge in [0.25, 0.3) is 5.91 Å². The molecule has 0 unspecified atom stereocenters. The molecule has 5 aromatic rings. The van der Waals surface area contributed by atoms with Crippen LogP contribution in [0.2, 0.25) is 0 Å². The number of methoxy groups -OCH3 is 1.